The Morgan fingerprint density at radius 3 is 2.36 bits per heavy atom. The van der Waals surface area contributed by atoms with E-state index in [9.17, 15) is 24.3 Å². The molecule has 2 N–H and O–H groups in total. The first kappa shape index (κ1) is 29.0. The predicted octanol–water partition coefficient (Wildman–Crippen LogP) is 4.62. The highest BCUT2D eigenvalue weighted by Crippen LogP contribution is 2.30. The summed E-state index contributed by atoms with van der Waals surface area (Å²) < 4.78 is 21.7. The van der Waals surface area contributed by atoms with Gasteiger partial charge in [-0.1, -0.05) is 36.4 Å². The molecule has 1 atom stereocenters. The first-order chi connectivity index (χ1) is 18.5. The van der Waals surface area contributed by atoms with E-state index >= 15 is 0 Å². The smallest absolute Gasteiger partial charge is 0.374 e. The van der Waals surface area contributed by atoms with Crippen molar-refractivity contribution in [2.24, 2.45) is 0 Å². The number of nitrogens with one attached hydrogen (secondary N) is 1. The second kappa shape index (κ2) is 12.8. The molecule has 2 aromatic carbocycles. The number of benzene rings is 2. The highest BCUT2D eigenvalue weighted by atomic mass is 16.6. The fourth-order valence-electron chi connectivity index (χ4n) is 3.47. The molecule has 206 valence electrons. The maximum atomic E-state index is 13.0. The monoisotopic (exact) mass is 537 g/mol. The Balaban J connectivity index is 1.72. The van der Waals surface area contributed by atoms with Gasteiger partial charge in [0.2, 0.25) is 5.76 Å². The van der Waals surface area contributed by atoms with Gasteiger partial charge in [-0.05, 0) is 57.5 Å². The number of amides is 1. The zero-order chi connectivity index (χ0) is 28.6. The molecule has 0 aliphatic heterocycles. The van der Waals surface area contributed by atoms with Crippen LogP contribution in [0.4, 0.5) is 0 Å². The van der Waals surface area contributed by atoms with Crippen LogP contribution in [0.3, 0.4) is 0 Å². The fraction of sp³-hybridized carbons (Fsp3) is 0.310. The van der Waals surface area contributed by atoms with E-state index < -0.39 is 41.9 Å². The molecule has 0 saturated heterocycles. The Labute approximate surface area is 225 Å². The van der Waals surface area contributed by atoms with Crippen molar-refractivity contribution in [3.63, 3.8) is 0 Å². The lowest BCUT2D eigenvalue weighted by Gasteiger charge is -2.18. The maximum absolute atomic E-state index is 13.0. The van der Waals surface area contributed by atoms with E-state index in [1.165, 1.54) is 12.1 Å². The number of rotatable bonds is 11. The van der Waals surface area contributed by atoms with Crippen molar-refractivity contribution in [3.05, 3.63) is 77.6 Å². The molecule has 10 nitrogen and oxygen atoms in total. The normalized spacial score (nSPS) is 11.8. The van der Waals surface area contributed by atoms with Gasteiger partial charge in [-0.15, -0.1) is 0 Å². The van der Waals surface area contributed by atoms with Crippen LogP contribution >= 0.6 is 0 Å². The summed E-state index contributed by atoms with van der Waals surface area (Å²) in [6, 6.07) is 15.0. The van der Waals surface area contributed by atoms with E-state index in [0.717, 1.165) is 5.56 Å². The molecule has 0 radical (unpaired) electrons. The molecule has 3 aromatic rings. The summed E-state index contributed by atoms with van der Waals surface area (Å²) in [4.78, 5) is 49.3. The molecular weight excluding hydrogens is 506 g/mol. The number of carbonyl (C=O) groups excluding carboxylic acids is 3. The Bertz CT molecular complexity index is 1320. The molecular formula is C29H31NO9. The molecule has 1 aromatic heterocycles. The minimum atomic E-state index is -1.52. The van der Waals surface area contributed by atoms with Gasteiger partial charge in [0.1, 0.15) is 29.8 Å². The van der Waals surface area contributed by atoms with Crippen LogP contribution < -0.4 is 10.1 Å². The lowest BCUT2D eigenvalue weighted by Crippen LogP contribution is -2.42. The molecule has 1 heterocycles. The molecule has 0 bridgehead atoms. The summed E-state index contributed by atoms with van der Waals surface area (Å²) in [5.74, 6) is -3.00. The number of carboxylic acid groups (broad SMARTS) is 1. The second-order valence-electron chi connectivity index (χ2n) is 9.52. The van der Waals surface area contributed by atoms with E-state index in [1.807, 2.05) is 6.07 Å². The lowest BCUT2D eigenvalue weighted by molar-refractivity contribution is -0.150. The summed E-state index contributed by atoms with van der Waals surface area (Å²) >= 11 is 0. The van der Waals surface area contributed by atoms with E-state index in [0.29, 0.717) is 11.3 Å². The van der Waals surface area contributed by atoms with Crippen LogP contribution in [-0.2, 0) is 25.7 Å². The summed E-state index contributed by atoms with van der Waals surface area (Å²) in [5, 5.41) is 11.9. The molecule has 10 heteroatoms. The van der Waals surface area contributed by atoms with Gasteiger partial charge in [-0.2, -0.15) is 0 Å². The molecule has 0 fully saturated rings. The van der Waals surface area contributed by atoms with Gasteiger partial charge in [0.05, 0.1) is 18.6 Å². The quantitative estimate of drug-likeness (QED) is 0.335. The molecule has 0 saturated carbocycles. The third kappa shape index (κ3) is 8.46. The van der Waals surface area contributed by atoms with E-state index in [4.69, 9.17) is 18.6 Å². The Morgan fingerprint density at radius 2 is 1.72 bits per heavy atom. The fourth-order valence-corrected chi connectivity index (χ4v) is 3.47. The van der Waals surface area contributed by atoms with Gasteiger partial charge in [-0.3, -0.25) is 9.59 Å². The van der Waals surface area contributed by atoms with Crippen molar-refractivity contribution in [2.75, 3.05) is 6.61 Å². The van der Waals surface area contributed by atoms with Crippen molar-refractivity contribution in [2.45, 2.75) is 52.4 Å². The van der Waals surface area contributed by atoms with Gasteiger partial charge < -0.3 is 29.1 Å². The van der Waals surface area contributed by atoms with Gasteiger partial charge in [0, 0.05) is 5.56 Å². The first-order valence-corrected chi connectivity index (χ1v) is 12.3. The van der Waals surface area contributed by atoms with Gasteiger partial charge >= 0.3 is 17.9 Å². The zero-order valence-electron chi connectivity index (χ0n) is 22.2. The minimum absolute atomic E-state index is 0.0155. The predicted molar refractivity (Wildman–Crippen MR) is 140 cm³/mol. The number of aliphatic carboxylic acids is 1. The molecule has 3 rings (SSSR count). The third-order valence-electron chi connectivity index (χ3n) is 5.23. The van der Waals surface area contributed by atoms with Gasteiger partial charge in [0.15, 0.2) is 0 Å². The Kier molecular flexibility index (Phi) is 9.48. The van der Waals surface area contributed by atoms with Crippen molar-refractivity contribution in [1.82, 2.24) is 5.32 Å². The summed E-state index contributed by atoms with van der Waals surface area (Å²) in [7, 11) is 0. The summed E-state index contributed by atoms with van der Waals surface area (Å²) in [6.07, 6.45) is -0.560. The maximum Gasteiger partial charge on any atom is 0.374 e. The molecule has 1 amide bonds. The van der Waals surface area contributed by atoms with E-state index in [-0.39, 0.29) is 30.3 Å². The number of carbonyl (C=O) groups is 4. The van der Waals surface area contributed by atoms with E-state index in [2.05, 4.69) is 5.32 Å². The van der Waals surface area contributed by atoms with Crippen LogP contribution in [0.25, 0.3) is 11.3 Å². The number of furan rings is 1. The SMILES string of the molecule is CCOc1cc(-c2ccc(C(=O)OC(C)(C)C)o2)ccc1C(=O)NC(CC(=O)OCc1ccccc1)C(=O)O. The van der Waals surface area contributed by atoms with Crippen molar-refractivity contribution < 1.29 is 42.9 Å². The standard InChI is InChI=1S/C29H31NO9/c1-5-36-24-15-19(22-13-14-23(38-22)28(35)39-29(2,3)4)11-12-20(24)26(32)30-21(27(33)34)16-25(31)37-17-18-9-7-6-8-10-18/h6-15,21H,5,16-17H2,1-4H3,(H,30,32)(H,33,34). The number of hydrogen-bond donors (Lipinski definition) is 2. The van der Waals surface area contributed by atoms with Crippen LogP contribution in [0.1, 0.15) is 60.6 Å². The highest BCUT2D eigenvalue weighted by molar-refractivity contribution is 6.00. The molecule has 1 unspecified atom stereocenters. The highest BCUT2D eigenvalue weighted by Gasteiger charge is 2.27. The van der Waals surface area contributed by atoms with Crippen molar-refractivity contribution >= 4 is 23.8 Å². The van der Waals surface area contributed by atoms with Gasteiger partial charge in [-0.25, -0.2) is 9.59 Å². The number of carboxylic acids is 1. The van der Waals surface area contributed by atoms with Crippen LogP contribution in [0, 0.1) is 0 Å². The van der Waals surface area contributed by atoms with Crippen molar-refractivity contribution in [1.29, 1.82) is 0 Å². The molecule has 0 spiro atoms. The number of hydrogen-bond acceptors (Lipinski definition) is 8. The second-order valence-corrected chi connectivity index (χ2v) is 9.52. The zero-order valence-corrected chi connectivity index (χ0v) is 22.2. The summed E-state index contributed by atoms with van der Waals surface area (Å²) in [6.45, 7) is 7.17. The third-order valence-corrected chi connectivity index (χ3v) is 5.23. The Hall–Kier alpha value is -4.60. The first-order valence-electron chi connectivity index (χ1n) is 12.3. The van der Waals surface area contributed by atoms with Crippen LogP contribution in [0.15, 0.2) is 65.1 Å². The molecule has 39 heavy (non-hydrogen) atoms. The number of ether oxygens (including phenoxy) is 3. The Morgan fingerprint density at radius 1 is 1.00 bits per heavy atom. The van der Waals surface area contributed by atoms with E-state index in [1.54, 1.807) is 70.2 Å². The summed E-state index contributed by atoms with van der Waals surface area (Å²) in [5.41, 5.74) is 0.638. The molecule has 0 aliphatic carbocycles. The lowest BCUT2D eigenvalue weighted by atomic mass is 10.1. The minimum Gasteiger partial charge on any atom is -0.493 e. The number of esters is 2. The largest absolute Gasteiger partial charge is 0.493 e. The average molecular weight is 538 g/mol. The van der Waals surface area contributed by atoms with Gasteiger partial charge in [0.25, 0.3) is 5.91 Å². The topological polar surface area (TPSA) is 141 Å². The van der Waals surface area contributed by atoms with Crippen LogP contribution in [0.5, 0.6) is 5.75 Å². The van der Waals surface area contributed by atoms with Crippen LogP contribution in [-0.4, -0.2) is 47.2 Å². The average Bonchev–Trinajstić information content (AvgIpc) is 3.37. The van der Waals surface area contributed by atoms with Crippen molar-refractivity contribution in [3.8, 4) is 17.1 Å². The molecule has 0 aliphatic rings. The van der Waals surface area contributed by atoms with Crippen LogP contribution in [0.2, 0.25) is 0 Å².